The van der Waals surface area contributed by atoms with Crippen LogP contribution >= 0.6 is 0 Å². The Balaban J connectivity index is 1.42. The molecule has 1 unspecified atom stereocenters. The molecular weight excluding hydrogens is 436 g/mol. The van der Waals surface area contributed by atoms with Gasteiger partial charge in [0.1, 0.15) is 0 Å². The van der Waals surface area contributed by atoms with E-state index in [0.29, 0.717) is 36.9 Å². The van der Waals surface area contributed by atoms with Crippen LogP contribution in [-0.4, -0.2) is 28.4 Å². The lowest BCUT2D eigenvalue weighted by Gasteiger charge is -2.19. The number of carbonyl (C=O) groups is 1. The maximum absolute atomic E-state index is 11.9. The highest BCUT2D eigenvalue weighted by molar-refractivity contribution is 5.69. The van der Waals surface area contributed by atoms with Crippen molar-refractivity contribution < 1.29 is 28.6 Å². The molecule has 0 amide bonds. The molecule has 186 valence electrons. The minimum atomic E-state index is -0.797. The van der Waals surface area contributed by atoms with Gasteiger partial charge in [0.15, 0.2) is 18.1 Å². The van der Waals surface area contributed by atoms with Gasteiger partial charge in [-0.1, -0.05) is 30.7 Å². The van der Waals surface area contributed by atoms with Gasteiger partial charge in [0.2, 0.25) is 0 Å². The van der Waals surface area contributed by atoms with Gasteiger partial charge in [0.25, 0.3) is 0 Å². The molecule has 1 aromatic rings. The van der Waals surface area contributed by atoms with Crippen LogP contribution in [0.15, 0.2) is 37.4 Å². The van der Waals surface area contributed by atoms with E-state index in [1.807, 2.05) is 19.1 Å². The van der Waals surface area contributed by atoms with Crippen molar-refractivity contribution in [1.82, 2.24) is 0 Å². The molecule has 0 aliphatic heterocycles. The van der Waals surface area contributed by atoms with Crippen LogP contribution in [0.3, 0.4) is 0 Å². The molecule has 2 aliphatic rings. The zero-order valence-electron chi connectivity index (χ0n) is 20.3. The molecular formula is C27H36O7. The van der Waals surface area contributed by atoms with Gasteiger partial charge < -0.3 is 23.8 Å². The number of carbonyl (C=O) groups excluding carboxylic acids is 1. The number of rotatable bonds is 10. The quantitative estimate of drug-likeness (QED) is 0.229. The van der Waals surface area contributed by atoms with Gasteiger partial charge >= 0.3 is 11.8 Å². The molecule has 0 radical (unpaired) electrons. The van der Waals surface area contributed by atoms with Crippen molar-refractivity contribution in [3.05, 3.63) is 45.9 Å². The molecule has 2 saturated carbocycles. The number of aliphatic hydroxyl groups is 2. The molecule has 7 heteroatoms. The summed E-state index contributed by atoms with van der Waals surface area (Å²) in [5.41, 5.74) is 1.39. The van der Waals surface area contributed by atoms with Crippen molar-refractivity contribution in [3.63, 3.8) is 0 Å². The highest BCUT2D eigenvalue weighted by atomic mass is 16.6. The third-order valence-corrected chi connectivity index (χ3v) is 7.04. The number of aliphatic hydroxyl groups excluding tert-OH is 2. The van der Waals surface area contributed by atoms with E-state index in [1.54, 1.807) is 13.8 Å². The molecule has 0 aromatic carbocycles. The average molecular weight is 473 g/mol. The Morgan fingerprint density at radius 3 is 2.82 bits per heavy atom. The molecule has 0 spiro atoms. The molecule has 3 rings (SSSR count). The van der Waals surface area contributed by atoms with Crippen LogP contribution in [0.1, 0.15) is 70.3 Å². The number of fused-ring (bicyclic) bond motifs is 1. The molecule has 34 heavy (non-hydrogen) atoms. The number of hydrogen-bond donors (Lipinski definition) is 2. The molecule has 2 fully saturated rings. The summed E-state index contributed by atoms with van der Waals surface area (Å²) in [6.07, 6.45) is 10.3. The Bertz CT molecular complexity index is 1000. The van der Waals surface area contributed by atoms with Crippen LogP contribution in [0, 0.1) is 42.4 Å². The van der Waals surface area contributed by atoms with E-state index >= 15 is 0 Å². The second kappa shape index (κ2) is 12.2. The first kappa shape index (κ1) is 26.1. The van der Waals surface area contributed by atoms with E-state index in [4.69, 9.17) is 13.6 Å². The smallest absolute Gasteiger partial charge is 0.457 e. The monoisotopic (exact) mass is 472 g/mol. The van der Waals surface area contributed by atoms with Crippen LogP contribution in [-0.2, 0) is 16.1 Å². The fourth-order valence-corrected chi connectivity index (χ4v) is 5.03. The summed E-state index contributed by atoms with van der Waals surface area (Å²) in [7, 11) is 0. The predicted molar refractivity (Wildman–Crippen MR) is 126 cm³/mol. The van der Waals surface area contributed by atoms with Crippen molar-refractivity contribution >= 4 is 5.97 Å². The van der Waals surface area contributed by atoms with Crippen LogP contribution in [0.25, 0.3) is 0 Å². The van der Waals surface area contributed by atoms with E-state index in [2.05, 4.69) is 17.9 Å². The Kier molecular flexibility index (Phi) is 9.37. The summed E-state index contributed by atoms with van der Waals surface area (Å²) >= 11 is 0. The molecule has 2 aliphatic carbocycles. The summed E-state index contributed by atoms with van der Waals surface area (Å²) < 4.78 is 14.7. The molecule has 0 bridgehead atoms. The Labute approximate surface area is 200 Å². The fourth-order valence-electron chi connectivity index (χ4n) is 5.03. The van der Waals surface area contributed by atoms with E-state index in [1.165, 1.54) is 5.57 Å². The SMILES string of the molecule is CC#CCC(C)[C@H](O)/C=C/[C@@H]1[C@H]2C/C(=C\CCCC(=O)OCc3oc(=O)oc3C)C[C@H]2C[C@H]1O. The van der Waals surface area contributed by atoms with Crippen LogP contribution in [0.2, 0.25) is 0 Å². The maximum Gasteiger partial charge on any atom is 0.519 e. The Morgan fingerprint density at radius 1 is 1.32 bits per heavy atom. The number of hydrogen-bond acceptors (Lipinski definition) is 7. The maximum atomic E-state index is 11.9. The lowest BCUT2D eigenvalue weighted by molar-refractivity contribution is -0.145. The summed E-state index contributed by atoms with van der Waals surface area (Å²) in [5, 5.41) is 20.9. The Morgan fingerprint density at radius 2 is 2.12 bits per heavy atom. The summed E-state index contributed by atoms with van der Waals surface area (Å²) in [4.78, 5) is 23.0. The first-order valence-electron chi connectivity index (χ1n) is 12.2. The van der Waals surface area contributed by atoms with Crippen molar-refractivity contribution in [2.75, 3.05) is 0 Å². The zero-order valence-corrected chi connectivity index (χ0v) is 20.3. The van der Waals surface area contributed by atoms with Crippen molar-refractivity contribution in [2.24, 2.45) is 23.7 Å². The van der Waals surface area contributed by atoms with E-state index in [9.17, 15) is 19.8 Å². The van der Waals surface area contributed by atoms with Gasteiger partial charge in [-0.15, -0.1) is 11.8 Å². The molecule has 0 saturated heterocycles. The molecule has 7 nitrogen and oxygen atoms in total. The number of esters is 1. The van der Waals surface area contributed by atoms with Crippen molar-refractivity contribution in [2.45, 2.75) is 84.5 Å². The molecule has 6 atom stereocenters. The highest BCUT2D eigenvalue weighted by Crippen LogP contribution is 2.50. The largest absolute Gasteiger partial charge is 0.519 e. The summed E-state index contributed by atoms with van der Waals surface area (Å²) in [6, 6.07) is 0. The molecule has 1 heterocycles. The van der Waals surface area contributed by atoms with Crippen LogP contribution in [0.5, 0.6) is 0 Å². The van der Waals surface area contributed by atoms with E-state index < -0.39 is 11.9 Å². The second-order valence-electron chi connectivity index (χ2n) is 9.55. The minimum absolute atomic E-state index is 0.0611. The van der Waals surface area contributed by atoms with Gasteiger partial charge in [-0.25, -0.2) is 4.79 Å². The number of aryl methyl sites for hydroxylation is 1. The number of ether oxygens (including phenoxy) is 1. The van der Waals surface area contributed by atoms with Gasteiger partial charge in [0.05, 0.1) is 12.2 Å². The standard InChI is InChI=1S/C27H36O7/c1-4-5-8-17(2)23(28)12-11-21-22-14-19(13-20(22)15-24(21)29)9-6-7-10-26(30)32-16-25-18(3)33-27(31)34-25/h9,11-12,17,20-24,28-29H,6-8,10,13-16H2,1-3H3/b12-11+,19-9-/t17?,20-,21+,22-,23+,24+/m0/s1. The van der Waals surface area contributed by atoms with E-state index in [-0.39, 0.29) is 36.3 Å². The van der Waals surface area contributed by atoms with Gasteiger partial charge in [0, 0.05) is 18.8 Å². The lowest BCUT2D eigenvalue weighted by atomic mass is 9.89. The van der Waals surface area contributed by atoms with Crippen LogP contribution in [0.4, 0.5) is 0 Å². The van der Waals surface area contributed by atoms with Gasteiger partial charge in [-0.05, 0) is 63.7 Å². The van der Waals surface area contributed by atoms with Crippen molar-refractivity contribution in [1.29, 1.82) is 0 Å². The molecule has 2 N–H and O–H groups in total. The third-order valence-electron chi connectivity index (χ3n) is 7.04. The highest BCUT2D eigenvalue weighted by Gasteiger charge is 2.45. The summed E-state index contributed by atoms with van der Waals surface area (Å²) in [6.45, 7) is 5.27. The normalized spacial score (nSPS) is 26.9. The number of unbranched alkanes of at least 4 members (excludes halogenated alkanes) is 1. The predicted octanol–water partition coefficient (Wildman–Crippen LogP) is 4.05. The first-order valence-corrected chi connectivity index (χ1v) is 12.2. The topological polar surface area (TPSA) is 110 Å². The first-order chi connectivity index (χ1) is 16.3. The average Bonchev–Trinajstić information content (AvgIpc) is 3.43. The zero-order chi connectivity index (χ0) is 24.7. The number of allylic oxidation sites excluding steroid dienone is 2. The minimum Gasteiger partial charge on any atom is -0.457 e. The lowest BCUT2D eigenvalue weighted by Crippen LogP contribution is -2.19. The van der Waals surface area contributed by atoms with Gasteiger partial charge in [-0.3, -0.25) is 4.79 Å². The second-order valence-corrected chi connectivity index (χ2v) is 9.55. The Hall–Kier alpha value is -2.56. The van der Waals surface area contributed by atoms with Crippen molar-refractivity contribution in [3.8, 4) is 11.8 Å². The fraction of sp³-hybridized carbons (Fsp3) is 0.630. The summed E-state index contributed by atoms with van der Waals surface area (Å²) in [5.74, 6) is 6.28. The third kappa shape index (κ3) is 6.97. The van der Waals surface area contributed by atoms with Crippen LogP contribution < -0.4 is 5.82 Å². The van der Waals surface area contributed by atoms with Gasteiger partial charge in [-0.2, -0.15) is 0 Å². The molecule has 1 aromatic heterocycles. The van der Waals surface area contributed by atoms with E-state index in [0.717, 1.165) is 25.7 Å².